The number of aliphatic hydroxyl groups excluding tert-OH is 1. The van der Waals surface area contributed by atoms with E-state index in [-0.39, 0.29) is 36.3 Å². The van der Waals surface area contributed by atoms with Crippen LogP contribution in [0.4, 0.5) is 4.79 Å². The Balaban J connectivity index is 1.19. The van der Waals surface area contributed by atoms with Crippen LogP contribution in [0.15, 0.2) is 35.5 Å². The highest BCUT2D eigenvalue weighted by Gasteiger charge is 2.60. The summed E-state index contributed by atoms with van der Waals surface area (Å²) in [7, 11) is 3.53. The molecule has 2 aromatic rings. The summed E-state index contributed by atoms with van der Waals surface area (Å²) in [5.41, 5.74) is 2.86. The fraction of sp³-hybridized carbons (Fsp3) is 0.723. The van der Waals surface area contributed by atoms with Gasteiger partial charge in [0, 0.05) is 62.3 Å². The van der Waals surface area contributed by atoms with Crippen LogP contribution < -0.4 is 5.48 Å². The van der Waals surface area contributed by atoms with Gasteiger partial charge in [0.05, 0.1) is 36.6 Å². The van der Waals surface area contributed by atoms with Gasteiger partial charge in [0.25, 0.3) is 0 Å². The third-order valence-electron chi connectivity index (χ3n) is 14.4. The number of amides is 2. The minimum atomic E-state index is -1.19. The number of hydrogen-bond acceptors (Lipinski definition) is 15. The fourth-order valence-corrected chi connectivity index (χ4v) is 10.7. The Morgan fingerprint density at radius 2 is 1.77 bits per heavy atom. The number of carbonyl (C=O) groups is 4. The lowest BCUT2D eigenvalue weighted by atomic mass is 9.73. The first-order valence-corrected chi connectivity index (χ1v) is 23.3. The van der Waals surface area contributed by atoms with Gasteiger partial charge in [-0.2, -0.15) is 0 Å². The summed E-state index contributed by atoms with van der Waals surface area (Å²) in [5.74, 6) is -4.10. The van der Waals surface area contributed by atoms with Gasteiger partial charge < -0.3 is 28.8 Å². The average Bonchev–Trinajstić information content (AvgIpc) is 3.80. The van der Waals surface area contributed by atoms with Crippen molar-refractivity contribution >= 4 is 29.5 Å². The monoisotopic (exact) mass is 910 g/mol. The molecule has 65 heavy (non-hydrogen) atoms. The van der Waals surface area contributed by atoms with E-state index >= 15 is 0 Å². The minimum absolute atomic E-state index is 0.204. The smallest absolute Gasteiger partial charge is 0.410 e. The van der Waals surface area contributed by atoms with Crippen molar-refractivity contribution in [1.29, 1.82) is 0 Å². The normalized spacial score (nSPS) is 34.7. The molecule has 0 radical (unpaired) electrons. The highest BCUT2D eigenvalue weighted by atomic mass is 16.7. The van der Waals surface area contributed by atoms with Crippen molar-refractivity contribution in [3.05, 3.63) is 36.0 Å². The molecule has 1 aromatic carbocycles. The first-order chi connectivity index (χ1) is 30.8. The second-order valence-corrected chi connectivity index (χ2v) is 19.1. The van der Waals surface area contributed by atoms with Crippen molar-refractivity contribution in [1.82, 2.24) is 30.3 Å². The molecule has 6 rings (SSSR count). The Hall–Kier alpha value is -4.33. The zero-order chi connectivity index (χ0) is 47.4. The van der Waals surface area contributed by atoms with Gasteiger partial charge in [-0.05, 0) is 78.3 Å². The van der Waals surface area contributed by atoms with Gasteiger partial charge in [0.15, 0.2) is 17.7 Å². The van der Waals surface area contributed by atoms with Crippen LogP contribution >= 0.6 is 0 Å². The Kier molecular flexibility index (Phi) is 16.3. The molecule has 3 N–H and O–H groups in total. The zero-order valence-electron chi connectivity index (χ0n) is 39.8. The number of likely N-dealkylation sites (N-methyl/N-ethyl adjacent to an activating group) is 1. The molecule has 2 amide bonds. The lowest BCUT2D eigenvalue weighted by Gasteiger charge is -2.47. The second-order valence-electron chi connectivity index (χ2n) is 19.1. The Labute approximate surface area is 382 Å². The van der Waals surface area contributed by atoms with Crippen LogP contribution in [0.3, 0.4) is 0 Å². The van der Waals surface area contributed by atoms with E-state index in [2.05, 4.69) is 22.1 Å². The number of carbonyl (C=O) groups excluding carboxylic acids is 4. The lowest BCUT2D eigenvalue weighted by Crippen LogP contribution is -2.60. The molecular formula is C47H71N7O11. The number of fused-ring (bicyclic) bond motifs is 1. The Morgan fingerprint density at radius 1 is 1.05 bits per heavy atom. The van der Waals surface area contributed by atoms with Crippen molar-refractivity contribution in [2.75, 3.05) is 27.2 Å². The zero-order valence-corrected chi connectivity index (χ0v) is 39.8. The van der Waals surface area contributed by atoms with E-state index in [1.807, 2.05) is 72.1 Å². The third kappa shape index (κ3) is 10.8. The molecule has 2 bridgehead atoms. The molecule has 4 aliphatic rings. The minimum Gasteiger partial charge on any atom is -0.458 e. The van der Waals surface area contributed by atoms with Crippen LogP contribution in [0.1, 0.15) is 106 Å². The standard InChI is InChI=1S/C47H71N7O11/c1-11-36-47(8)41-29(4)38(48-20-22-54(41)45(59)65-47)27(2)24-46(7,61-10)42(30(5)39(56)31(6)43(58)63-36)64-44-40(57)35(23-28(3)62-44)52(9)25-32-16-18-33(19-17-32)34-26-53(51-49-34)21-14-12-13-15-37(55)50-60/h16-19,26-31,35-36,40-42,44,57,60H,11-15,20-25H2,1-10H3,(H,50,55)/t27-,28-,29+,30+,31-,35+,36-,40+,41-,42-,44+,46-,47-/m1/s1. The van der Waals surface area contributed by atoms with E-state index < -0.39 is 71.5 Å². The number of methoxy groups -OCH3 is 1. The number of aromatic nitrogens is 3. The summed E-state index contributed by atoms with van der Waals surface area (Å²) in [6.07, 6.45) is 0.877. The number of hydrogen-bond donors (Lipinski definition) is 3. The van der Waals surface area contributed by atoms with Crippen LogP contribution in [-0.2, 0) is 51.2 Å². The molecule has 0 saturated carbocycles. The molecule has 3 saturated heterocycles. The summed E-state index contributed by atoms with van der Waals surface area (Å²) in [6, 6.07) is 7.18. The molecule has 13 atom stereocenters. The van der Waals surface area contributed by atoms with E-state index in [9.17, 15) is 24.3 Å². The number of aryl methyl sites for hydroxylation is 1. The number of ether oxygens (including phenoxy) is 5. The molecule has 4 aliphatic heterocycles. The summed E-state index contributed by atoms with van der Waals surface area (Å²) in [6.45, 7) is 16.8. The number of Topliss-reactive ketones (excluding diaryl/α,β-unsaturated/α-hetero) is 1. The van der Waals surface area contributed by atoms with E-state index in [1.165, 1.54) is 6.92 Å². The van der Waals surface area contributed by atoms with Crippen molar-refractivity contribution in [2.45, 2.75) is 167 Å². The van der Waals surface area contributed by atoms with Gasteiger partial charge >= 0.3 is 12.1 Å². The number of esters is 1. The lowest BCUT2D eigenvalue weighted by molar-refractivity contribution is -0.296. The predicted molar refractivity (Wildman–Crippen MR) is 238 cm³/mol. The SMILES string of the molecule is CC[C@H]1OC(=O)[C@H](C)C(=O)[C@H](C)[C@@H](O[C@@H]2O[C@H](C)C[C@H](N(C)Cc3ccc(-c4cn(CCCCCC(=O)NO)nn4)cc3)[C@@H]2O)[C@](C)(OC)C[C@@H](C)C2=NCCN3C(=O)O[C@@]1(C)[C@H]3[C@H]2C. The van der Waals surface area contributed by atoms with E-state index in [1.54, 1.807) is 29.1 Å². The van der Waals surface area contributed by atoms with Gasteiger partial charge in [-0.25, -0.2) is 10.3 Å². The van der Waals surface area contributed by atoms with Crippen molar-refractivity contribution in [3.8, 4) is 11.3 Å². The van der Waals surface area contributed by atoms with E-state index in [0.717, 1.165) is 35.4 Å². The maximum Gasteiger partial charge on any atom is 0.410 e. The number of nitrogens with zero attached hydrogens (tertiary/aromatic N) is 6. The van der Waals surface area contributed by atoms with Gasteiger partial charge in [0.2, 0.25) is 5.91 Å². The van der Waals surface area contributed by atoms with Crippen molar-refractivity contribution < 1.29 is 53.2 Å². The molecule has 1 aromatic heterocycles. The predicted octanol–water partition coefficient (Wildman–Crippen LogP) is 4.97. The summed E-state index contributed by atoms with van der Waals surface area (Å²) < 4.78 is 33.6. The number of cyclic esters (lactones) is 1. The number of nitrogens with one attached hydrogen (secondary N) is 1. The van der Waals surface area contributed by atoms with Crippen LogP contribution in [0.2, 0.25) is 0 Å². The summed E-state index contributed by atoms with van der Waals surface area (Å²) in [4.78, 5) is 61.9. The summed E-state index contributed by atoms with van der Waals surface area (Å²) in [5, 5.41) is 29.4. The first-order valence-electron chi connectivity index (χ1n) is 23.3. The van der Waals surface area contributed by atoms with Crippen LogP contribution in [0.5, 0.6) is 0 Å². The maximum atomic E-state index is 14.5. The van der Waals surface area contributed by atoms with Crippen LogP contribution in [0.25, 0.3) is 11.3 Å². The molecule has 0 spiro atoms. The topological polar surface area (TPSA) is 216 Å². The number of aliphatic imine (C=N–C) groups is 1. The van der Waals surface area contributed by atoms with Gasteiger partial charge in [0.1, 0.15) is 23.8 Å². The number of unbranched alkanes of at least 4 members (excludes halogenated alkanes) is 2. The third-order valence-corrected chi connectivity index (χ3v) is 14.4. The number of aliphatic hydroxyl groups is 1. The fourth-order valence-electron chi connectivity index (χ4n) is 10.7. The second kappa shape index (κ2) is 21.1. The van der Waals surface area contributed by atoms with E-state index in [0.29, 0.717) is 51.9 Å². The maximum absolute atomic E-state index is 14.5. The molecule has 0 aliphatic carbocycles. The number of benzene rings is 1. The molecule has 0 unspecified atom stereocenters. The van der Waals surface area contributed by atoms with E-state index in [4.69, 9.17) is 33.9 Å². The molecule has 18 nitrogen and oxygen atoms in total. The Morgan fingerprint density at radius 3 is 2.45 bits per heavy atom. The molecule has 360 valence electrons. The quantitative estimate of drug-likeness (QED) is 0.0751. The van der Waals surface area contributed by atoms with Gasteiger partial charge in [-0.15, -0.1) is 5.10 Å². The molecule has 5 heterocycles. The van der Waals surface area contributed by atoms with Crippen molar-refractivity contribution in [2.24, 2.45) is 28.7 Å². The summed E-state index contributed by atoms with van der Waals surface area (Å²) >= 11 is 0. The van der Waals surface area contributed by atoms with Crippen molar-refractivity contribution in [3.63, 3.8) is 0 Å². The average molecular weight is 910 g/mol. The first kappa shape index (κ1) is 50.1. The molecule has 3 fully saturated rings. The Bertz CT molecular complexity index is 2010. The van der Waals surface area contributed by atoms with Gasteiger partial charge in [-0.1, -0.05) is 63.6 Å². The number of ketones is 1. The van der Waals surface area contributed by atoms with Crippen LogP contribution in [0, 0.1) is 23.7 Å². The highest BCUT2D eigenvalue weighted by Crippen LogP contribution is 2.44. The van der Waals surface area contributed by atoms with Crippen LogP contribution in [-0.4, -0.2) is 146 Å². The highest BCUT2D eigenvalue weighted by molar-refractivity contribution is 6.00. The number of hydroxylamine groups is 1. The molecular weight excluding hydrogens is 839 g/mol. The molecule has 18 heteroatoms. The number of rotatable bonds is 14. The van der Waals surface area contributed by atoms with Gasteiger partial charge in [-0.3, -0.25) is 39.1 Å². The largest absolute Gasteiger partial charge is 0.458 e.